The first-order valence-electron chi connectivity index (χ1n) is 8.10. The normalized spacial score (nSPS) is 21.7. The highest BCUT2D eigenvalue weighted by atomic mass is 16.5. The van der Waals surface area contributed by atoms with E-state index < -0.39 is 12.0 Å². The minimum absolute atomic E-state index is 0.0292. The minimum atomic E-state index is -0.825. The molecule has 7 heteroatoms. The quantitative estimate of drug-likeness (QED) is 0.857. The van der Waals surface area contributed by atoms with Gasteiger partial charge in [0.25, 0.3) is 0 Å². The third-order valence-corrected chi connectivity index (χ3v) is 4.60. The van der Waals surface area contributed by atoms with Crippen LogP contribution >= 0.6 is 0 Å². The lowest BCUT2D eigenvalue weighted by Crippen LogP contribution is -2.49. The maximum absolute atomic E-state index is 12.3. The average molecular weight is 331 g/mol. The summed E-state index contributed by atoms with van der Waals surface area (Å²) in [7, 11) is 1.75. The zero-order chi connectivity index (χ0) is 17.1. The molecule has 2 unspecified atom stereocenters. The van der Waals surface area contributed by atoms with E-state index in [1.807, 2.05) is 24.3 Å². The number of piperidine rings is 1. The Morgan fingerprint density at radius 2 is 2.17 bits per heavy atom. The molecule has 1 aromatic heterocycles. The van der Waals surface area contributed by atoms with Gasteiger partial charge in [-0.05, 0) is 32.0 Å². The number of likely N-dealkylation sites (N-methyl/N-ethyl adjacent to an activating group) is 1. The van der Waals surface area contributed by atoms with Crippen LogP contribution < -0.4 is 5.32 Å². The SMILES string of the molecule is CN1CC(C(=O)NCCc2noc3ccccc23)CCC1C(=O)O. The number of nitrogens with zero attached hydrogens (tertiary/aromatic N) is 2. The maximum atomic E-state index is 12.3. The number of amides is 1. The zero-order valence-corrected chi connectivity index (χ0v) is 13.6. The Hall–Kier alpha value is -2.41. The summed E-state index contributed by atoms with van der Waals surface area (Å²) in [5, 5.41) is 17.0. The van der Waals surface area contributed by atoms with Crippen molar-refractivity contribution in [2.24, 2.45) is 5.92 Å². The fourth-order valence-corrected chi connectivity index (χ4v) is 3.24. The number of carbonyl (C=O) groups is 2. The van der Waals surface area contributed by atoms with Crippen molar-refractivity contribution >= 4 is 22.8 Å². The summed E-state index contributed by atoms with van der Waals surface area (Å²) < 4.78 is 5.25. The number of benzene rings is 1. The summed E-state index contributed by atoms with van der Waals surface area (Å²) in [6.45, 7) is 0.952. The highest BCUT2D eigenvalue weighted by Crippen LogP contribution is 2.21. The number of carboxylic acids is 1. The molecule has 0 saturated carbocycles. The van der Waals surface area contributed by atoms with Crippen molar-refractivity contribution in [3.05, 3.63) is 30.0 Å². The molecule has 7 nitrogen and oxygen atoms in total. The van der Waals surface area contributed by atoms with E-state index in [0.717, 1.165) is 16.7 Å². The summed E-state index contributed by atoms with van der Waals surface area (Å²) in [6.07, 6.45) is 1.70. The summed E-state index contributed by atoms with van der Waals surface area (Å²) in [6, 6.07) is 7.14. The van der Waals surface area contributed by atoms with Gasteiger partial charge in [0, 0.05) is 24.9 Å². The molecule has 1 amide bonds. The number of likely N-dealkylation sites (tertiary alicyclic amines) is 1. The predicted molar refractivity (Wildman–Crippen MR) is 87.5 cm³/mol. The fraction of sp³-hybridized carbons (Fsp3) is 0.471. The number of hydrogen-bond acceptors (Lipinski definition) is 5. The molecule has 1 saturated heterocycles. The van der Waals surface area contributed by atoms with Crippen LogP contribution in [0.2, 0.25) is 0 Å². The molecule has 1 aliphatic heterocycles. The second-order valence-corrected chi connectivity index (χ2v) is 6.23. The van der Waals surface area contributed by atoms with Gasteiger partial charge in [-0.1, -0.05) is 17.3 Å². The van der Waals surface area contributed by atoms with Crippen LogP contribution in [0, 0.1) is 5.92 Å². The van der Waals surface area contributed by atoms with Crippen molar-refractivity contribution in [3.63, 3.8) is 0 Å². The first-order chi connectivity index (χ1) is 11.6. The molecule has 24 heavy (non-hydrogen) atoms. The number of carbonyl (C=O) groups excluding carboxylic acids is 1. The Balaban J connectivity index is 1.50. The van der Waals surface area contributed by atoms with Crippen LogP contribution in [0.5, 0.6) is 0 Å². The third kappa shape index (κ3) is 3.41. The molecule has 2 aromatic rings. The van der Waals surface area contributed by atoms with Gasteiger partial charge in [0.15, 0.2) is 5.58 Å². The van der Waals surface area contributed by atoms with Gasteiger partial charge in [0.05, 0.1) is 11.6 Å². The first kappa shape index (κ1) is 16.4. The lowest BCUT2D eigenvalue weighted by molar-refractivity contribution is -0.146. The van der Waals surface area contributed by atoms with E-state index in [1.54, 1.807) is 11.9 Å². The monoisotopic (exact) mass is 331 g/mol. The van der Waals surface area contributed by atoms with Crippen molar-refractivity contribution in [3.8, 4) is 0 Å². The Labute approximate surface area is 139 Å². The van der Waals surface area contributed by atoms with E-state index in [4.69, 9.17) is 9.63 Å². The zero-order valence-electron chi connectivity index (χ0n) is 13.6. The van der Waals surface area contributed by atoms with Gasteiger partial charge < -0.3 is 14.9 Å². The standard InChI is InChI=1S/C17H21N3O4/c1-20-10-11(6-7-14(20)17(22)23)16(21)18-9-8-13-12-4-2-3-5-15(12)24-19-13/h2-5,11,14H,6-10H2,1H3,(H,18,21)(H,22,23). The number of aliphatic carboxylic acids is 1. The van der Waals surface area contributed by atoms with Crippen LogP contribution in [-0.4, -0.2) is 53.2 Å². The molecule has 0 radical (unpaired) electrons. The molecule has 2 atom stereocenters. The number of hydrogen-bond donors (Lipinski definition) is 2. The van der Waals surface area contributed by atoms with E-state index in [1.165, 1.54) is 0 Å². The van der Waals surface area contributed by atoms with Gasteiger partial charge in [-0.25, -0.2) is 0 Å². The van der Waals surface area contributed by atoms with Crippen LogP contribution in [0.15, 0.2) is 28.8 Å². The molecule has 2 heterocycles. The lowest BCUT2D eigenvalue weighted by atomic mass is 9.92. The summed E-state index contributed by atoms with van der Waals surface area (Å²) in [5.41, 5.74) is 1.57. The smallest absolute Gasteiger partial charge is 0.320 e. The molecule has 0 spiro atoms. The van der Waals surface area contributed by atoms with E-state index >= 15 is 0 Å². The number of aromatic nitrogens is 1. The molecule has 0 bridgehead atoms. The largest absolute Gasteiger partial charge is 0.480 e. The lowest BCUT2D eigenvalue weighted by Gasteiger charge is -2.33. The molecule has 2 N–H and O–H groups in total. The number of fused-ring (bicyclic) bond motifs is 1. The Kier molecular flexibility index (Phi) is 4.80. The van der Waals surface area contributed by atoms with Crippen LogP contribution in [0.3, 0.4) is 0 Å². The van der Waals surface area contributed by atoms with E-state index in [9.17, 15) is 9.59 Å². The Morgan fingerprint density at radius 3 is 2.92 bits per heavy atom. The van der Waals surface area contributed by atoms with Crippen molar-refractivity contribution in [1.29, 1.82) is 0 Å². The Morgan fingerprint density at radius 1 is 1.38 bits per heavy atom. The highest BCUT2D eigenvalue weighted by Gasteiger charge is 2.33. The number of carboxylic acid groups (broad SMARTS) is 1. The summed E-state index contributed by atoms with van der Waals surface area (Å²) >= 11 is 0. The van der Waals surface area contributed by atoms with Crippen LogP contribution in [0.25, 0.3) is 11.0 Å². The van der Waals surface area contributed by atoms with E-state index in [-0.39, 0.29) is 11.8 Å². The van der Waals surface area contributed by atoms with Crippen molar-refractivity contribution in [2.75, 3.05) is 20.1 Å². The third-order valence-electron chi connectivity index (χ3n) is 4.60. The first-order valence-corrected chi connectivity index (χ1v) is 8.10. The van der Waals surface area contributed by atoms with Crippen LogP contribution in [-0.2, 0) is 16.0 Å². The number of nitrogens with one attached hydrogen (secondary N) is 1. The highest BCUT2D eigenvalue weighted by molar-refractivity contribution is 5.81. The predicted octanol–water partition coefficient (Wildman–Crippen LogP) is 1.28. The molecular weight excluding hydrogens is 310 g/mol. The molecule has 0 aliphatic carbocycles. The molecule has 1 aliphatic rings. The fourth-order valence-electron chi connectivity index (χ4n) is 3.24. The summed E-state index contributed by atoms with van der Waals surface area (Å²) in [5.74, 6) is -1.02. The average Bonchev–Trinajstić information content (AvgIpc) is 2.97. The van der Waals surface area contributed by atoms with Crippen LogP contribution in [0.4, 0.5) is 0 Å². The van der Waals surface area contributed by atoms with Gasteiger partial charge in [0.2, 0.25) is 5.91 Å². The topological polar surface area (TPSA) is 95.7 Å². The van der Waals surface area contributed by atoms with Crippen molar-refractivity contribution < 1.29 is 19.2 Å². The van der Waals surface area contributed by atoms with Gasteiger partial charge in [-0.3, -0.25) is 14.5 Å². The summed E-state index contributed by atoms with van der Waals surface area (Å²) in [4.78, 5) is 25.1. The van der Waals surface area contributed by atoms with Crippen molar-refractivity contribution in [1.82, 2.24) is 15.4 Å². The Bertz CT molecular complexity index is 742. The van der Waals surface area contributed by atoms with Gasteiger partial charge in [0.1, 0.15) is 6.04 Å². The molecule has 3 rings (SSSR count). The van der Waals surface area contributed by atoms with Crippen molar-refractivity contribution in [2.45, 2.75) is 25.3 Å². The molecule has 1 fully saturated rings. The van der Waals surface area contributed by atoms with Gasteiger partial charge in [-0.15, -0.1) is 0 Å². The second-order valence-electron chi connectivity index (χ2n) is 6.23. The molecule has 1 aromatic carbocycles. The molecule has 128 valence electrons. The number of para-hydroxylation sites is 1. The number of rotatable bonds is 5. The van der Waals surface area contributed by atoms with Crippen LogP contribution in [0.1, 0.15) is 18.5 Å². The van der Waals surface area contributed by atoms with Gasteiger partial charge >= 0.3 is 5.97 Å². The second kappa shape index (κ2) is 7.00. The van der Waals surface area contributed by atoms with E-state index in [0.29, 0.717) is 32.4 Å². The van der Waals surface area contributed by atoms with E-state index in [2.05, 4.69) is 10.5 Å². The van der Waals surface area contributed by atoms with Gasteiger partial charge in [-0.2, -0.15) is 0 Å². The molecular formula is C17H21N3O4. The maximum Gasteiger partial charge on any atom is 0.320 e. The minimum Gasteiger partial charge on any atom is -0.480 e.